The molecule has 0 bridgehead atoms. The van der Waals surface area contributed by atoms with Crippen LogP contribution in [-0.2, 0) is 10.0 Å². The van der Waals surface area contributed by atoms with E-state index < -0.39 is 15.8 Å². The molecule has 1 aliphatic carbocycles. The summed E-state index contributed by atoms with van der Waals surface area (Å²) in [6, 6.07) is 3.37. The summed E-state index contributed by atoms with van der Waals surface area (Å²) in [4.78, 5) is 7.77. The summed E-state index contributed by atoms with van der Waals surface area (Å²) in [5.41, 5.74) is 0. The van der Waals surface area contributed by atoms with Crippen LogP contribution in [0.5, 0.6) is 11.8 Å². The van der Waals surface area contributed by atoms with E-state index in [9.17, 15) is 12.8 Å². The Kier molecular flexibility index (Phi) is 6.13. The minimum Gasteiger partial charge on any atom is -0.495 e. The molecule has 1 N–H and O–H groups in total. The number of hydrogen-bond acceptors (Lipinski definition) is 6. The Labute approximate surface area is 161 Å². The first-order chi connectivity index (χ1) is 12.9. The highest BCUT2D eigenvalue weighted by molar-refractivity contribution is 7.89. The molecule has 0 atom stereocenters. The van der Waals surface area contributed by atoms with Gasteiger partial charge in [-0.2, -0.15) is 0 Å². The maximum atomic E-state index is 13.5. The van der Waals surface area contributed by atoms with Crippen molar-refractivity contribution in [3.05, 3.63) is 41.4 Å². The van der Waals surface area contributed by atoms with Crippen LogP contribution in [0.1, 0.15) is 25.7 Å². The standard InChI is InChI=1S/C17H19ClFN3O4S/c1-25-15-7-2-12(19)8-16(15)27(23,24)22-13-3-5-14(6-4-13)26-17-20-9-11(18)10-21-17/h2,7-10,13-14,22H,3-6H2,1H3. The smallest absolute Gasteiger partial charge is 0.316 e. The number of nitrogens with zero attached hydrogens (tertiary/aromatic N) is 2. The van der Waals surface area contributed by atoms with Crippen molar-refractivity contribution in [2.75, 3.05) is 7.11 Å². The number of hydrogen-bond donors (Lipinski definition) is 1. The van der Waals surface area contributed by atoms with Gasteiger partial charge in [-0.05, 0) is 43.9 Å². The van der Waals surface area contributed by atoms with E-state index in [0.29, 0.717) is 30.7 Å². The van der Waals surface area contributed by atoms with Crippen molar-refractivity contribution in [3.8, 4) is 11.8 Å². The fourth-order valence-electron chi connectivity index (χ4n) is 2.95. The summed E-state index contributed by atoms with van der Waals surface area (Å²) in [5.74, 6) is -0.544. The van der Waals surface area contributed by atoms with Gasteiger partial charge in [0.1, 0.15) is 22.6 Å². The van der Waals surface area contributed by atoms with Crippen LogP contribution in [0.3, 0.4) is 0 Å². The van der Waals surface area contributed by atoms with Crippen LogP contribution in [0.15, 0.2) is 35.5 Å². The van der Waals surface area contributed by atoms with Crippen molar-refractivity contribution >= 4 is 21.6 Å². The van der Waals surface area contributed by atoms with E-state index in [4.69, 9.17) is 21.1 Å². The number of ether oxygens (including phenoxy) is 2. The molecule has 1 aromatic carbocycles. The molecule has 146 valence electrons. The highest BCUT2D eigenvalue weighted by Crippen LogP contribution is 2.27. The second kappa shape index (κ2) is 8.37. The summed E-state index contributed by atoms with van der Waals surface area (Å²) in [6.45, 7) is 0. The third-order valence-electron chi connectivity index (χ3n) is 4.28. The summed E-state index contributed by atoms with van der Waals surface area (Å²) in [5, 5.41) is 0.424. The quantitative estimate of drug-likeness (QED) is 0.780. The zero-order valence-electron chi connectivity index (χ0n) is 14.6. The van der Waals surface area contributed by atoms with Gasteiger partial charge in [0.05, 0.1) is 24.5 Å². The minimum absolute atomic E-state index is 0.0980. The van der Waals surface area contributed by atoms with Crippen LogP contribution >= 0.6 is 11.6 Å². The number of benzene rings is 1. The van der Waals surface area contributed by atoms with E-state index in [1.165, 1.54) is 25.6 Å². The zero-order chi connectivity index (χ0) is 19.4. The fraction of sp³-hybridized carbons (Fsp3) is 0.412. The summed E-state index contributed by atoms with van der Waals surface area (Å²) in [6.07, 6.45) is 5.24. The number of sulfonamides is 1. The lowest BCUT2D eigenvalue weighted by Gasteiger charge is -2.28. The van der Waals surface area contributed by atoms with Gasteiger partial charge in [0.25, 0.3) is 0 Å². The van der Waals surface area contributed by atoms with Gasteiger partial charge in [-0.25, -0.2) is 27.5 Å². The Morgan fingerprint density at radius 3 is 2.48 bits per heavy atom. The first-order valence-corrected chi connectivity index (χ1v) is 10.2. The highest BCUT2D eigenvalue weighted by atomic mass is 35.5. The molecule has 2 aromatic rings. The van der Waals surface area contributed by atoms with Gasteiger partial charge in [0.15, 0.2) is 0 Å². The average Bonchev–Trinajstić information content (AvgIpc) is 2.65. The van der Waals surface area contributed by atoms with Gasteiger partial charge in [-0.1, -0.05) is 11.6 Å². The van der Waals surface area contributed by atoms with E-state index in [2.05, 4.69) is 14.7 Å². The largest absolute Gasteiger partial charge is 0.495 e. The molecule has 0 aliphatic heterocycles. The molecule has 27 heavy (non-hydrogen) atoms. The Hall–Kier alpha value is -1.97. The summed E-state index contributed by atoms with van der Waals surface area (Å²) in [7, 11) is -2.56. The van der Waals surface area contributed by atoms with Gasteiger partial charge in [-0.15, -0.1) is 0 Å². The lowest BCUT2D eigenvalue weighted by Crippen LogP contribution is -2.39. The van der Waals surface area contributed by atoms with E-state index in [0.717, 1.165) is 12.1 Å². The van der Waals surface area contributed by atoms with Gasteiger partial charge < -0.3 is 9.47 Å². The van der Waals surface area contributed by atoms with Gasteiger partial charge in [0.2, 0.25) is 10.0 Å². The van der Waals surface area contributed by atoms with Gasteiger partial charge in [0, 0.05) is 6.04 Å². The van der Waals surface area contributed by atoms with Crippen LogP contribution in [0, 0.1) is 5.82 Å². The van der Waals surface area contributed by atoms with Crippen molar-refractivity contribution in [2.24, 2.45) is 0 Å². The fourth-order valence-corrected chi connectivity index (χ4v) is 4.54. The third kappa shape index (κ3) is 5.06. The molecule has 0 radical (unpaired) electrons. The molecule has 0 unspecified atom stereocenters. The summed E-state index contributed by atoms with van der Waals surface area (Å²) >= 11 is 5.74. The predicted octanol–water partition coefficient (Wildman–Crippen LogP) is 2.95. The molecule has 1 saturated carbocycles. The van der Waals surface area contributed by atoms with E-state index in [1.54, 1.807) is 0 Å². The van der Waals surface area contributed by atoms with E-state index in [1.807, 2.05) is 0 Å². The maximum Gasteiger partial charge on any atom is 0.316 e. The predicted molar refractivity (Wildman–Crippen MR) is 97.0 cm³/mol. The number of nitrogens with one attached hydrogen (secondary N) is 1. The maximum absolute atomic E-state index is 13.5. The number of rotatable bonds is 6. The van der Waals surface area contributed by atoms with Crippen LogP contribution in [0.4, 0.5) is 4.39 Å². The van der Waals surface area contributed by atoms with Gasteiger partial charge in [-0.3, -0.25) is 0 Å². The minimum atomic E-state index is -3.90. The van der Waals surface area contributed by atoms with E-state index in [-0.39, 0.29) is 28.8 Å². The molecule has 1 heterocycles. The van der Waals surface area contributed by atoms with Crippen LogP contribution in [-0.4, -0.2) is 37.6 Å². The molecular weight excluding hydrogens is 397 g/mol. The molecule has 7 nitrogen and oxygen atoms in total. The molecule has 0 amide bonds. The van der Waals surface area contributed by atoms with Crippen molar-refractivity contribution in [1.29, 1.82) is 0 Å². The monoisotopic (exact) mass is 415 g/mol. The number of halogens is 2. The first kappa shape index (κ1) is 19.8. The van der Waals surface area contributed by atoms with Crippen molar-refractivity contribution in [3.63, 3.8) is 0 Å². The molecule has 0 saturated heterocycles. The Bertz CT molecular complexity index is 888. The molecule has 10 heteroatoms. The molecule has 3 rings (SSSR count). The van der Waals surface area contributed by atoms with Gasteiger partial charge >= 0.3 is 6.01 Å². The topological polar surface area (TPSA) is 90.4 Å². The third-order valence-corrected chi connectivity index (χ3v) is 6.02. The molecule has 1 fully saturated rings. The van der Waals surface area contributed by atoms with Crippen molar-refractivity contribution < 1.29 is 22.3 Å². The van der Waals surface area contributed by atoms with E-state index >= 15 is 0 Å². The molecular formula is C17H19ClFN3O4S. The highest BCUT2D eigenvalue weighted by Gasteiger charge is 2.28. The second-order valence-corrected chi connectivity index (χ2v) is 8.31. The zero-order valence-corrected chi connectivity index (χ0v) is 16.1. The van der Waals surface area contributed by atoms with Crippen LogP contribution in [0.25, 0.3) is 0 Å². The number of methoxy groups -OCH3 is 1. The lowest BCUT2D eigenvalue weighted by molar-refractivity contribution is 0.132. The Morgan fingerprint density at radius 1 is 1.19 bits per heavy atom. The first-order valence-electron chi connectivity index (χ1n) is 8.37. The lowest BCUT2D eigenvalue weighted by atomic mass is 9.94. The molecule has 1 aliphatic rings. The second-order valence-electron chi connectivity index (χ2n) is 6.19. The van der Waals surface area contributed by atoms with Crippen LogP contribution < -0.4 is 14.2 Å². The Balaban J connectivity index is 1.60. The van der Waals surface area contributed by atoms with Crippen molar-refractivity contribution in [2.45, 2.75) is 42.7 Å². The summed E-state index contributed by atoms with van der Waals surface area (Å²) < 4.78 is 52.1. The average molecular weight is 416 g/mol. The normalized spacial score (nSPS) is 20.3. The Morgan fingerprint density at radius 2 is 1.85 bits per heavy atom. The van der Waals surface area contributed by atoms with Crippen molar-refractivity contribution in [1.82, 2.24) is 14.7 Å². The SMILES string of the molecule is COc1ccc(F)cc1S(=O)(=O)NC1CCC(Oc2ncc(Cl)cn2)CC1. The molecule has 1 aromatic heterocycles. The molecule has 0 spiro atoms. The van der Waals surface area contributed by atoms with Crippen LogP contribution in [0.2, 0.25) is 5.02 Å². The number of aromatic nitrogens is 2.